The molecule has 1 atom stereocenters. The minimum Gasteiger partial charge on any atom is -0.456 e. The van der Waals surface area contributed by atoms with Crippen molar-refractivity contribution < 1.29 is 14.3 Å². The molecule has 136 valence electrons. The van der Waals surface area contributed by atoms with Crippen molar-refractivity contribution in [3.63, 3.8) is 0 Å². The lowest BCUT2D eigenvalue weighted by Gasteiger charge is -2.10. The number of ether oxygens (including phenoxy) is 1. The Morgan fingerprint density at radius 1 is 1.38 bits per heavy atom. The average molecular weight is 354 g/mol. The third-order valence-electron chi connectivity index (χ3n) is 4.03. The molecular formula is C19H22N4O3. The highest BCUT2D eigenvalue weighted by Gasteiger charge is 2.22. The number of esters is 1. The molecule has 0 saturated carbocycles. The number of ketones is 1. The van der Waals surface area contributed by atoms with E-state index in [9.17, 15) is 9.59 Å². The van der Waals surface area contributed by atoms with Gasteiger partial charge in [-0.05, 0) is 25.5 Å². The molecule has 0 radical (unpaired) electrons. The first-order valence-corrected chi connectivity index (χ1v) is 8.55. The number of nitrogens with one attached hydrogen (secondary N) is 1. The number of nitrogens with zero attached hydrogens (tertiary/aromatic N) is 3. The summed E-state index contributed by atoms with van der Waals surface area (Å²) in [5.41, 5.74) is 1.59. The van der Waals surface area contributed by atoms with E-state index in [1.807, 2.05) is 24.3 Å². The van der Waals surface area contributed by atoms with Crippen LogP contribution in [-0.2, 0) is 27.3 Å². The van der Waals surface area contributed by atoms with Crippen LogP contribution >= 0.6 is 0 Å². The third kappa shape index (κ3) is 4.54. The molecule has 2 rings (SSSR count). The molecule has 0 unspecified atom stereocenters. The lowest BCUT2D eigenvalue weighted by atomic mass is 10.0. The van der Waals surface area contributed by atoms with E-state index in [2.05, 4.69) is 11.9 Å². The van der Waals surface area contributed by atoms with E-state index < -0.39 is 24.3 Å². The fraction of sp³-hybridized carbons (Fsp3) is 0.421. The van der Waals surface area contributed by atoms with Crippen molar-refractivity contribution in [2.75, 3.05) is 6.61 Å². The molecule has 1 heterocycles. The van der Waals surface area contributed by atoms with Gasteiger partial charge in [0.15, 0.2) is 12.4 Å². The van der Waals surface area contributed by atoms with Crippen molar-refractivity contribution in [3.8, 4) is 6.07 Å². The number of carbonyl (C=O) groups is 2. The standard InChI is InChI=1S/C19H22N4O3/c1-3-4-9-18-22-15-7-5-6-8-16(15)23(18)11-19(25)26-12-17(24)14(10-20)13(2)21/h5-8,14,21H,3-4,9,11-12H2,1-2H3/t14-/m0/s1. The van der Waals surface area contributed by atoms with E-state index in [0.29, 0.717) is 0 Å². The van der Waals surface area contributed by atoms with Gasteiger partial charge in [-0.1, -0.05) is 25.5 Å². The molecular weight excluding hydrogens is 332 g/mol. The quantitative estimate of drug-likeness (QED) is 0.550. The van der Waals surface area contributed by atoms with Crippen LogP contribution in [0.2, 0.25) is 0 Å². The van der Waals surface area contributed by atoms with Crippen LogP contribution in [0.1, 0.15) is 32.5 Å². The first-order chi connectivity index (χ1) is 12.5. The molecule has 0 fully saturated rings. The molecule has 1 aromatic carbocycles. The number of para-hydroxylation sites is 2. The molecule has 1 N–H and O–H groups in total. The zero-order valence-electron chi connectivity index (χ0n) is 15.0. The topological polar surface area (TPSA) is 109 Å². The average Bonchev–Trinajstić information content (AvgIpc) is 2.96. The van der Waals surface area contributed by atoms with Crippen molar-refractivity contribution in [1.82, 2.24) is 9.55 Å². The van der Waals surface area contributed by atoms with Gasteiger partial charge in [0.2, 0.25) is 0 Å². The summed E-state index contributed by atoms with van der Waals surface area (Å²) in [6, 6.07) is 9.29. The number of hydrogen-bond donors (Lipinski definition) is 1. The van der Waals surface area contributed by atoms with E-state index in [4.69, 9.17) is 15.4 Å². The van der Waals surface area contributed by atoms with Gasteiger partial charge < -0.3 is 14.7 Å². The second-order valence-corrected chi connectivity index (χ2v) is 6.08. The molecule has 7 nitrogen and oxygen atoms in total. The number of Topliss-reactive ketones (excluding diaryl/α,β-unsaturated/α-hetero) is 1. The number of imidazole rings is 1. The Balaban J connectivity index is 2.10. The van der Waals surface area contributed by atoms with Crippen LogP contribution in [0.3, 0.4) is 0 Å². The fourth-order valence-electron chi connectivity index (χ4n) is 2.65. The van der Waals surface area contributed by atoms with Crippen LogP contribution in [0.25, 0.3) is 11.0 Å². The largest absolute Gasteiger partial charge is 0.456 e. The molecule has 0 amide bonds. The summed E-state index contributed by atoms with van der Waals surface area (Å²) in [5, 5.41) is 16.3. The molecule has 26 heavy (non-hydrogen) atoms. The van der Waals surface area contributed by atoms with E-state index in [1.54, 1.807) is 10.6 Å². The Morgan fingerprint density at radius 3 is 2.77 bits per heavy atom. The number of nitriles is 1. The highest BCUT2D eigenvalue weighted by molar-refractivity contribution is 6.06. The molecule has 1 aromatic heterocycles. The SMILES string of the molecule is CCCCc1nc2ccccc2n1CC(=O)OCC(=O)[C@@H](C#N)C(C)=N. The van der Waals surface area contributed by atoms with Gasteiger partial charge in [0.1, 0.15) is 18.3 Å². The van der Waals surface area contributed by atoms with Crippen LogP contribution < -0.4 is 0 Å². The van der Waals surface area contributed by atoms with Gasteiger partial charge in [-0.2, -0.15) is 5.26 Å². The first kappa shape index (κ1) is 19.3. The maximum atomic E-state index is 12.2. The molecule has 0 aliphatic carbocycles. The second kappa shape index (κ2) is 8.90. The van der Waals surface area contributed by atoms with Gasteiger partial charge in [0.25, 0.3) is 0 Å². The minimum absolute atomic E-state index is 0.0480. The Morgan fingerprint density at radius 2 is 2.12 bits per heavy atom. The lowest BCUT2D eigenvalue weighted by molar-refractivity contribution is -0.148. The van der Waals surface area contributed by atoms with Crippen molar-refractivity contribution in [1.29, 1.82) is 10.7 Å². The van der Waals surface area contributed by atoms with E-state index in [1.165, 1.54) is 6.92 Å². The number of aromatic nitrogens is 2. The molecule has 2 aromatic rings. The van der Waals surface area contributed by atoms with Gasteiger partial charge in [-0.25, -0.2) is 4.98 Å². The normalized spacial score (nSPS) is 11.7. The highest BCUT2D eigenvalue weighted by Crippen LogP contribution is 2.17. The first-order valence-electron chi connectivity index (χ1n) is 8.55. The summed E-state index contributed by atoms with van der Waals surface area (Å²) in [5.74, 6) is -1.52. The summed E-state index contributed by atoms with van der Waals surface area (Å²) < 4.78 is 6.84. The number of rotatable bonds is 9. The molecule has 0 aliphatic rings. The van der Waals surface area contributed by atoms with Crippen LogP contribution in [0.4, 0.5) is 0 Å². The van der Waals surface area contributed by atoms with Crippen molar-refractivity contribution in [2.45, 2.75) is 39.7 Å². The van der Waals surface area contributed by atoms with Crippen molar-refractivity contribution >= 4 is 28.5 Å². The van der Waals surface area contributed by atoms with Crippen LogP contribution in [0, 0.1) is 22.7 Å². The molecule has 0 bridgehead atoms. The van der Waals surface area contributed by atoms with E-state index in [0.717, 1.165) is 36.1 Å². The Bertz CT molecular complexity index is 863. The molecule has 0 aliphatic heterocycles. The van der Waals surface area contributed by atoms with Gasteiger partial charge in [-0.3, -0.25) is 9.59 Å². The van der Waals surface area contributed by atoms with Crippen LogP contribution in [-0.4, -0.2) is 33.6 Å². The molecule has 0 saturated heterocycles. The van der Waals surface area contributed by atoms with Crippen molar-refractivity contribution in [3.05, 3.63) is 30.1 Å². The Labute approximate surface area is 152 Å². The zero-order chi connectivity index (χ0) is 19.1. The monoisotopic (exact) mass is 354 g/mol. The summed E-state index contributed by atoms with van der Waals surface area (Å²) in [6.07, 6.45) is 2.72. The van der Waals surface area contributed by atoms with E-state index >= 15 is 0 Å². The number of hydrogen-bond acceptors (Lipinski definition) is 6. The third-order valence-corrected chi connectivity index (χ3v) is 4.03. The summed E-state index contributed by atoms with van der Waals surface area (Å²) in [4.78, 5) is 28.7. The Kier molecular flexibility index (Phi) is 6.61. The number of benzene rings is 1. The van der Waals surface area contributed by atoms with Crippen LogP contribution in [0.5, 0.6) is 0 Å². The van der Waals surface area contributed by atoms with Gasteiger partial charge in [0.05, 0.1) is 17.1 Å². The maximum absolute atomic E-state index is 12.2. The molecule has 0 spiro atoms. The highest BCUT2D eigenvalue weighted by atomic mass is 16.5. The summed E-state index contributed by atoms with van der Waals surface area (Å²) >= 11 is 0. The summed E-state index contributed by atoms with van der Waals surface area (Å²) in [6.45, 7) is 2.91. The number of aryl methyl sites for hydroxylation is 1. The van der Waals surface area contributed by atoms with Crippen molar-refractivity contribution in [2.24, 2.45) is 5.92 Å². The van der Waals surface area contributed by atoms with Crippen LogP contribution in [0.15, 0.2) is 24.3 Å². The number of unbranched alkanes of at least 4 members (excludes halogenated alkanes) is 1. The smallest absolute Gasteiger partial charge is 0.326 e. The molecule has 7 heteroatoms. The minimum atomic E-state index is -1.17. The van der Waals surface area contributed by atoms with Gasteiger partial charge in [0, 0.05) is 12.1 Å². The zero-order valence-corrected chi connectivity index (χ0v) is 15.0. The lowest BCUT2D eigenvalue weighted by Crippen LogP contribution is -2.26. The number of fused-ring (bicyclic) bond motifs is 1. The van der Waals surface area contributed by atoms with Gasteiger partial charge >= 0.3 is 5.97 Å². The number of carbonyl (C=O) groups excluding carboxylic acids is 2. The van der Waals surface area contributed by atoms with E-state index in [-0.39, 0.29) is 12.3 Å². The van der Waals surface area contributed by atoms with Gasteiger partial charge in [-0.15, -0.1) is 0 Å². The Hall–Kier alpha value is -3.01. The summed E-state index contributed by atoms with van der Waals surface area (Å²) in [7, 11) is 0. The fourth-order valence-corrected chi connectivity index (χ4v) is 2.65. The maximum Gasteiger partial charge on any atom is 0.326 e. The predicted molar refractivity (Wildman–Crippen MR) is 96.8 cm³/mol. The predicted octanol–water partition coefficient (Wildman–Crippen LogP) is 2.67. The second-order valence-electron chi connectivity index (χ2n) is 6.08.